The van der Waals surface area contributed by atoms with Crippen molar-refractivity contribution in [2.75, 3.05) is 29.9 Å². The highest BCUT2D eigenvalue weighted by atomic mass is 32.2. The number of nitrogens with one attached hydrogen (secondary N) is 1. The number of carbonyl (C=O) groups is 1. The molecule has 1 aromatic rings. The zero-order valence-electron chi connectivity index (χ0n) is 15.4. The Kier molecular flexibility index (Phi) is 4.14. The summed E-state index contributed by atoms with van der Waals surface area (Å²) in [6.07, 6.45) is 8.94. The first kappa shape index (κ1) is 17.4. The predicted octanol–water partition coefficient (Wildman–Crippen LogP) is 1.83. The van der Waals surface area contributed by atoms with Crippen molar-refractivity contribution in [3.63, 3.8) is 0 Å². The van der Waals surface area contributed by atoms with Crippen LogP contribution in [0.1, 0.15) is 60.5 Å². The number of aromatic nitrogens is 2. The van der Waals surface area contributed by atoms with Gasteiger partial charge in [-0.2, -0.15) is 0 Å². The Hall–Kier alpha value is -1.70. The normalized spacial score (nSPS) is 31.9. The molecule has 1 amide bonds. The summed E-state index contributed by atoms with van der Waals surface area (Å²) in [4.78, 5) is 23.8. The van der Waals surface area contributed by atoms with Crippen LogP contribution in [0, 0.1) is 11.8 Å². The molecule has 1 N–H and O–H groups in total. The second-order valence-electron chi connectivity index (χ2n) is 8.64. The third kappa shape index (κ3) is 3.44. The maximum atomic E-state index is 13.0. The molecule has 1 aromatic heterocycles. The Morgan fingerprint density at radius 1 is 1.11 bits per heavy atom. The zero-order valence-corrected chi connectivity index (χ0v) is 16.2. The van der Waals surface area contributed by atoms with Gasteiger partial charge in [0, 0.05) is 31.2 Å². The molecule has 27 heavy (non-hydrogen) atoms. The number of carbonyl (C=O) groups excluding carboxylic acids is 1. The first-order valence-corrected chi connectivity index (χ1v) is 11.9. The highest BCUT2D eigenvalue weighted by Gasteiger charge is 2.40. The van der Waals surface area contributed by atoms with E-state index in [0.717, 1.165) is 30.4 Å². The third-order valence-electron chi connectivity index (χ3n) is 6.70. The number of fused-ring (bicyclic) bond motifs is 2. The average Bonchev–Trinajstić information content (AvgIpc) is 3.30. The van der Waals surface area contributed by atoms with Gasteiger partial charge in [-0.1, -0.05) is 6.42 Å². The van der Waals surface area contributed by atoms with Gasteiger partial charge in [0.15, 0.2) is 9.84 Å². The van der Waals surface area contributed by atoms with Crippen molar-refractivity contribution in [3.05, 3.63) is 17.5 Å². The minimum absolute atomic E-state index is 0.0439. The summed E-state index contributed by atoms with van der Waals surface area (Å²) in [5.41, 5.74) is 1.39. The van der Waals surface area contributed by atoms with E-state index in [1.54, 1.807) is 11.1 Å². The minimum Gasteiger partial charge on any atom is -0.351 e. The van der Waals surface area contributed by atoms with E-state index in [-0.39, 0.29) is 30.5 Å². The van der Waals surface area contributed by atoms with Crippen LogP contribution in [-0.2, 0) is 9.84 Å². The molecule has 1 saturated heterocycles. The maximum absolute atomic E-state index is 13.0. The Morgan fingerprint density at radius 2 is 1.89 bits per heavy atom. The van der Waals surface area contributed by atoms with Crippen molar-refractivity contribution in [2.45, 2.75) is 50.5 Å². The molecular weight excluding hydrogens is 364 g/mol. The van der Waals surface area contributed by atoms with Crippen LogP contribution in [-0.4, -0.2) is 59.8 Å². The molecule has 0 unspecified atom stereocenters. The van der Waals surface area contributed by atoms with Crippen molar-refractivity contribution in [1.82, 2.24) is 14.9 Å². The van der Waals surface area contributed by atoms with Crippen LogP contribution in [0.15, 0.2) is 6.20 Å². The quantitative estimate of drug-likeness (QED) is 0.843. The summed E-state index contributed by atoms with van der Waals surface area (Å²) in [5.74, 6) is 2.53. The molecule has 4 fully saturated rings. The van der Waals surface area contributed by atoms with Crippen LogP contribution in [0.5, 0.6) is 0 Å². The molecule has 0 spiro atoms. The number of hydrogen-bond donors (Lipinski definition) is 1. The summed E-state index contributed by atoms with van der Waals surface area (Å²) >= 11 is 0. The van der Waals surface area contributed by atoms with Crippen molar-refractivity contribution in [3.8, 4) is 0 Å². The van der Waals surface area contributed by atoms with E-state index in [1.165, 1.54) is 25.7 Å². The molecule has 3 saturated carbocycles. The van der Waals surface area contributed by atoms with Crippen LogP contribution in [0.4, 0.5) is 5.95 Å². The Morgan fingerprint density at radius 3 is 2.52 bits per heavy atom. The number of sulfone groups is 1. The predicted molar refractivity (Wildman–Crippen MR) is 101 cm³/mol. The lowest BCUT2D eigenvalue weighted by atomic mass is 9.95. The van der Waals surface area contributed by atoms with Crippen molar-refractivity contribution < 1.29 is 13.2 Å². The molecule has 3 atom stereocenters. The van der Waals surface area contributed by atoms with Crippen LogP contribution in [0.25, 0.3) is 0 Å². The highest BCUT2D eigenvalue weighted by Crippen LogP contribution is 2.46. The molecular formula is C19H26N4O3S. The molecule has 3 aliphatic carbocycles. The van der Waals surface area contributed by atoms with Gasteiger partial charge in [0.25, 0.3) is 5.91 Å². The van der Waals surface area contributed by atoms with Crippen LogP contribution in [0.3, 0.4) is 0 Å². The van der Waals surface area contributed by atoms with Crippen LogP contribution >= 0.6 is 0 Å². The minimum atomic E-state index is -3.01. The van der Waals surface area contributed by atoms with Crippen molar-refractivity contribution in [1.29, 1.82) is 0 Å². The summed E-state index contributed by atoms with van der Waals surface area (Å²) in [5, 5.41) is 3.53. The molecule has 0 radical (unpaired) electrons. The smallest absolute Gasteiger partial charge is 0.257 e. The Labute approximate surface area is 159 Å². The number of nitrogens with zero attached hydrogens (tertiary/aromatic N) is 3. The third-order valence-corrected chi connectivity index (χ3v) is 8.31. The molecule has 0 aromatic carbocycles. The zero-order chi connectivity index (χ0) is 18.6. The Bertz CT molecular complexity index is 854. The highest BCUT2D eigenvalue weighted by molar-refractivity contribution is 7.91. The SMILES string of the molecule is O=C(c1cnc(N[C@@H]2C[C@@H]3CC[C@H]2C3)nc1C1CC1)N1CCS(=O)(=O)CC1. The number of rotatable bonds is 4. The average molecular weight is 391 g/mol. The van der Waals surface area contributed by atoms with Gasteiger partial charge in [0.05, 0.1) is 22.8 Å². The molecule has 2 heterocycles. The lowest BCUT2D eigenvalue weighted by molar-refractivity contribution is 0.0768. The Balaban J connectivity index is 1.34. The van der Waals surface area contributed by atoms with Gasteiger partial charge in [0.2, 0.25) is 5.95 Å². The number of hydrogen-bond acceptors (Lipinski definition) is 6. The molecule has 5 rings (SSSR count). The summed E-state index contributed by atoms with van der Waals surface area (Å²) in [6, 6.07) is 0.463. The molecule has 2 bridgehead atoms. The van der Waals surface area contributed by atoms with E-state index < -0.39 is 9.84 Å². The first-order chi connectivity index (χ1) is 13.0. The van der Waals surface area contributed by atoms with Crippen molar-refractivity contribution in [2.24, 2.45) is 11.8 Å². The maximum Gasteiger partial charge on any atom is 0.257 e. The van der Waals surface area contributed by atoms with E-state index >= 15 is 0 Å². The largest absolute Gasteiger partial charge is 0.351 e. The standard InChI is InChI=1S/C19H26N4O3S/c24-18(23-5-7-27(25,26)8-6-23)15-11-20-19(22-17(15)13-3-4-13)21-16-10-12-1-2-14(16)9-12/h11-14,16H,1-10H2,(H,20,21,22)/t12-,14+,16-/m1/s1. The van der Waals surface area contributed by atoms with Gasteiger partial charge < -0.3 is 10.2 Å². The van der Waals surface area contributed by atoms with Gasteiger partial charge in [-0.3, -0.25) is 4.79 Å². The monoisotopic (exact) mass is 390 g/mol. The van der Waals surface area contributed by atoms with E-state index in [4.69, 9.17) is 4.98 Å². The lowest BCUT2D eigenvalue weighted by Gasteiger charge is -2.27. The second-order valence-corrected chi connectivity index (χ2v) is 10.9. The first-order valence-electron chi connectivity index (χ1n) is 10.1. The second kappa shape index (κ2) is 6.43. The fourth-order valence-corrected chi connectivity index (χ4v) is 6.17. The fraction of sp³-hybridized carbons (Fsp3) is 0.737. The van der Waals surface area contributed by atoms with E-state index in [1.807, 2.05) is 0 Å². The van der Waals surface area contributed by atoms with Crippen LogP contribution in [0.2, 0.25) is 0 Å². The number of amides is 1. The van der Waals surface area contributed by atoms with Crippen LogP contribution < -0.4 is 5.32 Å². The number of anilines is 1. The lowest BCUT2D eigenvalue weighted by Crippen LogP contribution is -2.44. The molecule has 146 valence electrons. The summed E-state index contributed by atoms with van der Waals surface area (Å²) in [7, 11) is -3.01. The van der Waals surface area contributed by atoms with Gasteiger partial charge >= 0.3 is 0 Å². The summed E-state index contributed by atoms with van der Waals surface area (Å²) in [6.45, 7) is 0.521. The van der Waals surface area contributed by atoms with E-state index in [9.17, 15) is 13.2 Å². The molecule has 4 aliphatic rings. The van der Waals surface area contributed by atoms with Gasteiger partial charge in [-0.05, 0) is 43.9 Å². The van der Waals surface area contributed by atoms with E-state index in [2.05, 4.69) is 10.3 Å². The summed E-state index contributed by atoms with van der Waals surface area (Å²) < 4.78 is 23.3. The molecule has 8 heteroatoms. The van der Waals surface area contributed by atoms with Gasteiger partial charge in [0.1, 0.15) is 0 Å². The van der Waals surface area contributed by atoms with Gasteiger partial charge in [-0.25, -0.2) is 18.4 Å². The van der Waals surface area contributed by atoms with Crippen molar-refractivity contribution >= 4 is 21.7 Å². The topological polar surface area (TPSA) is 92.3 Å². The molecule has 1 aliphatic heterocycles. The van der Waals surface area contributed by atoms with Gasteiger partial charge in [-0.15, -0.1) is 0 Å². The molecule has 7 nitrogen and oxygen atoms in total. The fourth-order valence-electron chi connectivity index (χ4n) is 4.97. The van der Waals surface area contributed by atoms with E-state index in [0.29, 0.717) is 23.5 Å².